The number of carbonyl (C=O) groups is 2. The van der Waals surface area contributed by atoms with Crippen molar-refractivity contribution in [1.82, 2.24) is 9.88 Å². The first-order valence-corrected chi connectivity index (χ1v) is 8.66. The number of aromatic nitrogens is 1. The van der Waals surface area contributed by atoms with Crippen molar-refractivity contribution in [3.05, 3.63) is 52.3 Å². The van der Waals surface area contributed by atoms with Crippen molar-refractivity contribution >= 4 is 11.7 Å². The number of benzene rings is 1. The maximum absolute atomic E-state index is 12.8. The lowest BCUT2D eigenvalue weighted by Gasteiger charge is -2.39. The number of amides is 1. The van der Waals surface area contributed by atoms with Gasteiger partial charge < -0.3 is 14.6 Å². The van der Waals surface area contributed by atoms with Crippen molar-refractivity contribution < 1.29 is 14.3 Å². The van der Waals surface area contributed by atoms with E-state index in [-0.39, 0.29) is 17.8 Å². The number of rotatable bonds is 5. The van der Waals surface area contributed by atoms with E-state index in [9.17, 15) is 9.59 Å². The standard InChI is InChI=1S/C20H24N2O3/c1-5-15-8-6-7-9-17(15)25-16-10-22(11-16)20(24)18-12(2)19(14(4)23)21-13(18)3/h6-9,16,21H,5,10-11H2,1-4H3. The van der Waals surface area contributed by atoms with Gasteiger partial charge in [-0.25, -0.2) is 0 Å². The molecule has 0 unspecified atom stereocenters. The molecule has 0 spiro atoms. The van der Waals surface area contributed by atoms with Crippen LogP contribution in [0.15, 0.2) is 24.3 Å². The zero-order valence-corrected chi connectivity index (χ0v) is 15.2. The zero-order chi connectivity index (χ0) is 18.1. The summed E-state index contributed by atoms with van der Waals surface area (Å²) in [4.78, 5) is 29.2. The highest BCUT2D eigenvalue weighted by Crippen LogP contribution is 2.26. The summed E-state index contributed by atoms with van der Waals surface area (Å²) >= 11 is 0. The highest BCUT2D eigenvalue weighted by atomic mass is 16.5. The molecule has 1 aromatic carbocycles. The SMILES string of the molecule is CCc1ccccc1OC1CN(C(=O)c2c(C)[nH]c(C(C)=O)c2C)C1. The van der Waals surface area contributed by atoms with E-state index in [2.05, 4.69) is 18.0 Å². The summed E-state index contributed by atoms with van der Waals surface area (Å²) in [6.07, 6.45) is 0.935. The van der Waals surface area contributed by atoms with E-state index < -0.39 is 0 Å². The third kappa shape index (κ3) is 3.18. The van der Waals surface area contributed by atoms with Gasteiger partial charge >= 0.3 is 0 Å². The summed E-state index contributed by atoms with van der Waals surface area (Å²) in [6.45, 7) is 8.39. The Morgan fingerprint density at radius 1 is 1.24 bits per heavy atom. The number of likely N-dealkylation sites (tertiary alicyclic amines) is 1. The Morgan fingerprint density at radius 3 is 2.52 bits per heavy atom. The molecule has 0 aliphatic carbocycles. The van der Waals surface area contributed by atoms with E-state index in [1.807, 2.05) is 32.0 Å². The highest BCUT2D eigenvalue weighted by molar-refractivity contribution is 6.02. The zero-order valence-electron chi connectivity index (χ0n) is 15.2. The van der Waals surface area contributed by atoms with E-state index in [4.69, 9.17) is 4.74 Å². The van der Waals surface area contributed by atoms with Crippen molar-refractivity contribution in [3.63, 3.8) is 0 Å². The van der Waals surface area contributed by atoms with E-state index in [0.717, 1.165) is 23.4 Å². The molecule has 1 aliphatic heterocycles. The summed E-state index contributed by atoms with van der Waals surface area (Å²) < 4.78 is 6.04. The van der Waals surface area contributed by atoms with Crippen molar-refractivity contribution in [1.29, 1.82) is 0 Å². The molecule has 2 aromatic rings. The van der Waals surface area contributed by atoms with E-state index in [0.29, 0.717) is 24.3 Å². The van der Waals surface area contributed by atoms with Gasteiger partial charge in [-0.05, 0) is 37.5 Å². The third-order valence-corrected chi connectivity index (χ3v) is 4.79. The maximum Gasteiger partial charge on any atom is 0.256 e. The number of nitrogens with zero attached hydrogens (tertiary/aromatic N) is 1. The van der Waals surface area contributed by atoms with Crippen LogP contribution in [0.4, 0.5) is 0 Å². The molecule has 0 radical (unpaired) electrons. The van der Waals surface area contributed by atoms with Gasteiger partial charge in [0, 0.05) is 12.6 Å². The Morgan fingerprint density at radius 2 is 1.92 bits per heavy atom. The number of aromatic amines is 1. The maximum atomic E-state index is 12.8. The van der Waals surface area contributed by atoms with Gasteiger partial charge in [0.25, 0.3) is 5.91 Å². The van der Waals surface area contributed by atoms with Crippen LogP contribution in [0.25, 0.3) is 0 Å². The van der Waals surface area contributed by atoms with Gasteiger partial charge in [-0.3, -0.25) is 9.59 Å². The molecule has 1 fully saturated rings. The molecule has 2 heterocycles. The number of carbonyl (C=O) groups excluding carboxylic acids is 2. The second-order valence-corrected chi connectivity index (χ2v) is 6.59. The van der Waals surface area contributed by atoms with Crippen molar-refractivity contribution in [2.45, 2.75) is 40.2 Å². The minimum atomic E-state index is -0.0550. The Kier molecular flexibility index (Phi) is 4.66. The molecule has 25 heavy (non-hydrogen) atoms. The number of ether oxygens (including phenoxy) is 1. The molecule has 0 saturated carbocycles. The number of aryl methyl sites for hydroxylation is 2. The summed E-state index contributed by atoms with van der Waals surface area (Å²) in [5, 5.41) is 0. The first-order chi connectivity index (χ1) is 11.9. The smallest absolute Gasteiger partial charge is 0.256 e. The van der Waals surface area contributed by atoms with E-state index in [1.54, 1.807) is 4.90 Å². The lowest BCUT2D eigenvalue weighted by Crippen LogP contribution is -2.56. The molecule has 1 aromatic heterocycles. The highest BCUT2D eigenvalue weighted by Gasteiger charge is 2.35. The number of hydrogen-bond donors (Lipinski definition) is 1. The number of para-hydroxylation sites is 1. The van der Waals surface area contributed by atoms with Gasteiger partial charge in [0.1, 0.15) is 11.9 Å². The predicted octanol–water partition coefficient (Wildman–Crippen LogP) is 3.30. The Bertz CT molecular complexity index is 816. The van der Waals surface area contributed by atoms with Crippen LogP contribution in [0.1, 0.15) is 51.5 Å². The molecule has 1 saturated heterocycles. The minimum absolute atomic E-state index is 0.0171. The molecule has 0 atom stereocenters. The van der Waals surface area contributed by atoms with Gasteiger partial charge in [0.15, 0.2) is 5.78 Å². The quantitative estimate of drug-likeness (QED) is 0.850. The monoisotopic (exact) mass is 340 g/mol. The van der Waals surface area contributed by atoms with Crippen LogP contribution in [-0.4, -0.2) is 40.8 Å². The number of nitrogens with one attached hydrogen (secondary N) is 1. The van der Waals surface area contributed by atoms with Gasteiger partial charge in [-0.2, -0.15) is 0 Å². The first kappa shape index (κ1) is 17.3. The van der Waals surface area contributed by atoms with Crippen molar-refractivity contribution in [2.24, 2.45) is 0 Å². The summed E-state index contributed by atoms with van der Waals surface area (Å²) in [5.41, 5.74) is 3.78. The summed E-state index contributed by atoms with van der Waals surface area (Å²) in [5.74, 6) is 0.804. The minimum Gasteiger partial charge on any atom is -0.486 e. The molecule has 5 nitrogen and oxygen atoms in total. The van der Waals surface area contributed by atoms with Crippen LogP contribution < -0.4 is 4.74 Å². The Balaban J connectivity index is 1.67. The van der Waals surface area contributed by atoms with Crippen LogP contribution in [0.2, 0.25) is 0 Å². The van der Waals surface area contributed by atoms with Gasteiger partial charge in [0.05, 0.1) is 24.3 Å². The largest absolute Gasteiger partial charge is 0.486 e. The lowest BCUT2D eigenvalue weighted by molar-refractivity contribution is 0.0173. The Labute approximate surface area is 148 Å². The molecule has 1 aliphatic rings. The van der Waals surface area contributed by atoms with Crippen LogP contribution in [0, 0.1) is 13.8 Å². The average molecular weight is 340 g/mol. The second kappa shape index (κ2) is 6.75. The third-order valence-electron chi connectivity index (χ3n) is 4.79. The van der Waals surface area contributed by atoms with Gasteiger partial charge in [-0.1, -0.05) is 25.1 Å². The van der Waals surface area contributed by atoms with Crippen molar-refractivity contribution in [2.75, 3.05) is 13.1 Å². The fraction of sp³-hybridized carbons (Fsp3) is 0.400. The number of hydrogen-bond acceptors (Lipinski definition) is 3. The molecule has 5 heteroatoms. The number of ketones is 1. The number of H-pyrrole nitrogens is 1. The van der Waals surface area contributed by atoms with Crippen molar-refractivity contribution in [3.8, 4) is 5.75 Å². The fourth-order valence-corrected chi connectivity index (χ4v) is 3.35. The molecule has 0 bridgehead atoms. The molecule has 3 rings (SSSR count). The second-order valence-electron chi connectivity index (χ2n) is 6.59. The summed E-state index contributed by atoms with van der Waals surface area (Å²) in [6, 6.07) is 8.01. The lowest BCUT2D eigenvalue weighted by atomic mass is 10.0. The van der Waals surface area contributed by atoms with E-state index >= 15 is 0 Å². The first-order valence-electron chi connectivity index (χ1n) is 8.66. The average Bonchev–Trinajstić information content (AvgIpc) is 2.85. The summed E-state index contributed by atoms with van der Waals surface area (Å²) in [7, 11) is 0. The molecule has 1 amide bonds. The van der Waals surface area contributed by atoms with Crippen LogP contribution in [0.5, 0.6) is 5.75 Å². The molecule has 1 N–H and O–H groups in total. The predicted molar refractivity (Wildman–Crippen MR) is 96.4 cm³/mol. The van der Waals surface area contributed by atoms with E-state index in [1.165, 1.54) is 12.5 Å². The van der Waals surface area contributed by atoms with Gasteiger partial charge in [-0.15, -0.1) is 0 Å². The molecular formula is C20H24N2O3. The van der Waals surface area contributed by atoms with Gasteiger partial charge in [0.2, 0.25) is 0 Å². The van der Waals surface area contributed by atoms with Crippen LogP contribution in [-0.2, 0) is 6.42 Å². The van der Waals surface area contributed by atoms with Crippen LogP contribution in [0.3, 0.4) is 0 Å². The Hall–Kier alpha value is -2.56. The molecule has 132 valence electrons. The molecular weight excluding hydrogens is 316 g/mol. The van der Waals surface area contributed by atoms with Crippen LogP contribution >= 0.6 is 0 Å². The fourth-order valence-electron chi connectivity index (χ4n) is 3.35. The normalized spacial score (nSPS) is 14.3. The number of Topliss-reactive ketones (excluding diaryl/α,β-unsaturated/α-hetero) is 1. The topological polar surface area (TPSA) is 62.4 Å².